The van der Waals surface area contributed by atoms with Crippen molar-refractivity contribution in [2.24, 2.45) is 0 Å². The molecule has 1 amide bonds. The number of ether oxygens (including phenoxy) is 1. The Kier molecular flexibility index (Phi) is 5.11. The van der Waals surface area contributed by atoms with Crippen molar-refractivity contribution in [2.45, 2.75) is 4.90 Å². The molecule has 0 saturated carbocycles. The monoisotopic (exact) mass is 422 g/mol. The fourth-order valence-electron chi connectivity index (χ4n) is 3.00. The van der Waals surface area contributed by atoms with Gasteiger partial charge in [-0.05, 0) is 36.4 Å². The van der Waals surface area contributed by atoms with E-state index in [0.717, 1.165) is 5.52 Å². The summed E-state index contributed by atoms with van der Waals surface area (Å²) >= 11 is 0. The van der Waals surface area contributed by atoms with Crippen LogP contribution < -0.4 is 14.8 Å². The third-order valence-electron chi connectivity index (χ3n) is 4.44. The lowest BCUT2D eigenvalue weighted by molar-refractivity contribution is 0.102. The normalized spacial score (nSPS) is 11.2. The number of carbonyl (C=O) groups excluding carboxylic acids is 1. The minimum absolute atomic E-state index is 0.00177. The molecule has 1 aromatic heterocycles. The lowest BCUT2D eigenvalue weighted by Crippen LogP contribution is -2.16. The molecule has 0 aliphatic heterocycles. The van der Waals surface area contributed by atoms with Crippen LogP contribution in [0, 0.1) is 0 Å². The Morgan fingerprint density at radius 3 is 2.60 bits per heavy atom. The molecule has 9 heteroatoms. The van der Waals surface area contributed by atoms with Gasteiger partial charge in [-0.1, -0.05) is 36.4 Å². The van der Waals surface area contributed by atoms with Gasteiger partial charge in [0.15, 0.2) is 5.69 Å². The van der Waals surface area contributed by atoms with Gasteiger partial charge >= 0.3 is 0 Å². The number of nitrogens with one attached hydrogen (secondary N) is 3. The third kappa shape index (κ3) is 3.83. The number of carbonyl (C=O) groups is 1. The molecule has 0 unspecified atom stereocenters. The van der Waals surface area contributed by atoms with E-state index in [1.807, 2.05) is 18.2 Å². The van der Waals surface area contributed by atoms with Crippen LogP contribution in [0.1, 0.15) is 10.5 Å². The predicted octanol–water partition coefficient (Wildman–Crippen LogP) is 3.62. The molecular formula is C21H18N4O4S. The van der Waals surface area contributed by atoms with Gasteiger partial charge in [-0.3, -0.25) is 14.6 Å². The number of anilines is 2. The Hall–Kier alpha value is -3.85. The molecule has 0 bridgehead atoms. The highest BCUT2D eigenvalue weighted by atomic mass is 32.2. The number of amides is 1. The van der Waals surface area contributed by atoms with E-state index in [4.69, 9.17) is 4.74 Å². The molecule has 4 aromatic rings. The van der Waals surface area contributed by atoms with Crippen LogP contribution in [-0.4, -0.2) is 31.6 Å². The summed E-state index contributed by atoms with van der Waals surface area (Å²) in [6.45, 7) is 0. The number of nitrogens with zero attached hydrogens (tertiary/aromatic N) is 1. The number of hydrogen-bond acceptors (Lipinski definition) is 5. The highest BCUT2D eigenvalue weighted by Crippen LogP contribution is 2.27. The van der Waals surface area contributed by atoms with Crippen LogP contribution >= 0.6 is 0 Å². The maximum absolute atomic E-state index is 12.8. The molecular weight excluding hydrogens is 404 g/mol. The van der Waals surface area contributed by atoms with Gasteiger partial charge in [0.2, 0.25) is 0 Å². The average molecular weight is 422 g/mol. The van der Waals surface area contributed by atoms with Crippen molar-refractivity contribution in [3.8, 4) is 5.75 Å². The van der Waals surface area contributed by atoms with E-state index in [-0.39, 0.29) is 10.6 Å². The summed E-state index contributed by atoms with van der Waals surface area (Å²) in [5, 5.41) is 10.2. The van der Waals surface area contributed by atoms with Gasteiger partial charge in [0.25, 0.3) is 15.9 Å². The summed E-state index contributed by atoms with van der Waals surface area (Å²) < 4.78 is 33.3. The van der Waals surface area contributed by atoms with E-state index in [1.54, 1.807) is 42.5 Å². The Morgan fingerprint density at radius 1 is 1.00 bits per heavy atom. The zero-order valence-corrected chi connectivity index (χ0v) is 16.7. The average Bonchev–Trinajstić information content (AvgIpc) is 3.18. The number of aromatic amines is 1. The van der Waals surface area contributed by atoms with Crippen molar-refractivity contribution in [1.29, 1.82) is 0 Å². The fourth-order valence-corrected chi connectivity index (χ4v) is 4.12. The number of rotatable bonds is 6. The summed E-state index contributed by atoms with van der Waals surface area (Å²) in [7, 11) is -2.44. The molecule has 4 rings (SSSR count). The second kappa shape index (κ2) is 7.88. The number of hydrogen-bond donors (Lipinski definition) is 3. The summed E-state index contributed by atoms with van der Waals surface area (Å²) in [5.74, 6) is -0.0457. The van der Waals surface area contributed by atoms with Crippen molar-refractivity contribution >= 4 is 38.2 Å². The van der Waals surface area contributed by atoms with Crippen molar-refractivity contribution < 1.29 is 17.9 Å². The van der Waals surface area contributed by atoms with Gasteiger partial charge < -0.3 is 10.1 Å². The van der Waals surface area contributed by atoms with Crippen LogP contribution in [0.4, 0.5) is 11.4 Å². The molecule has 0 aliphatic carbocycles. The standard InChI is InChI=1S/C21H18N4O4S/c1-29-19-12-5-4-11-18(19)25-30(27,28)15-8-6-7-14(13-15)22-21(26)20-16-9-2-3-10-17(16)23-24-20/h2-13,25H,1H3,(H,22,26)(H,23,24). The first-order chi connectivity index (χ1) is 14.5. The summed E-state index contributed by atoms with van der Waals surface area (Å²) in [5.41, 5.74) is 1.61. The molecule has 0 atom stereocenters. The highest BCUT2D eigenvalue weighted by Gasteiger charge is 2.18. The van der Waals surface area contributed by atoms with Gasteiger partial charge in [-0.2, -0.15) is 5.10 Å². The molecule has 3 aromatic carbocycles. The number of benzene rings is 3. The first-order valence-electron chi connectivity index (χ1n) is 8.98. The first kappa shape index (κ1) is 19.5. The van der Waals surface area contributed by atoms with Crippen LogP contribution in [-0.2, 0) is 10.0 Å². The molecule has 0 spiro atoms. The topological polar surface area (TPSA) is 113 Å². The van der Waals surface area contributed by atoms with Crippen molar-refractivity contribution in [3.63, 3.8) is 0 Å². The molecule has 152 valence electrons. The molecule has 0 fully saturated rings. The largest absolute Gasteiger partial charge is 0.495 e. The van der Waals surface area contributed by atoms with E-state index in [0.29, 0.717) is 22.5 Å². The van der Waals surface area contributed by atoms with Crippen molar-refractivity contribution in [3.05, 3.63) is 78.5 Å². The van der Waals surface area contributed by atoms with E-state index in [2.05, 4.69) is 20.2 Å². The van der Waals surface area contributed by atoms with Gasteiger partial charge in [0, 0.05) is 11.1 Å². The van der Waals surface area contributed by atoms with E-state index >= 15 is 0 Å². The van der Waals surface area contributed by atoms with Crippen LogP contribution in [0.15, 0.2) is 77.7 Å². The predicted molar refractivity (Wildman–Crippen MR) is 114 cm³/mol. The quantitative estimate of drug-likeness (QED) is 0.439. The van der Waals surface area contributed by atoms with Crippen molar-refractivity contribution in [1.82, 2.24) is 10.2 Å². The zero-order valence-electron chi connectivity index (χ0n) is 15.9. The fraction of sp³-hybridized carbons (Fsp3) is 0.0476. The maximum atomic E-state index is 12.8. The van der Waals surface area contributed by atoms with Gasteiger partial charge in [0.05, 0.1) is 23.2 Å². The minimum Gasteiger partial charge on any atom is -0.495 e. The Balaban J connectivity index is 1.58. The van der Waals surface area contributed by atoms with Gasteiger partial charge in [0.1, 0.15) is 5.75 Å². The minimum atomic E-state index is -3.90. The number of methoxy groups -OCH3 is 1. The summed E-state index contributed by atoms with van der Waals surface area (Å²) in [6, 6.07) is 19.9. The van der Waals surface area contributed by atoms with Crippen LogP contribution in [0.5, 0.6) is 5.75 Å². The number of H-pyrrole nitrogens is 1. The van der Waals surface area contributed by atoms with Gasteiger partial charge in [-0.15, -0.1) is 0 Å². The Bertz CT molecular complexity index is 1330. The van der Waals surface area contributed by atoms with Crippen LogP contribution in [0.25, 0.3) is 10.9 Å². The summed E-state index contributed by atoms with van der Waals surface area (Å²) in [4.78, 5) is 12.6. The molecule has 0 radical (unpaired) electrons. The molecule has 1 heterocycles. The lowest BCUT2D eigenvalue weighted by atomic mass is 10.2. The highest BCUT2D eigenvalue weighted by molar-refractivity contribution is 7.92. The second-order valence-corrected chi connectivity index (χ2v) is 8.09. The van der Waals surface area contributed by atoms with Crippen LogP contribution in [0.2, 0.25) is 0 Å². The number of aromatic nitrogens is 2. The number of sulfonamides is 1. The van der Waals surface area contributed by atoms with Crippen LogP contribution in [0.3, 0.4) is 0 Å². The lowest BCUT2D eigenvalue weighted by Gasteiger charge is -2.12. The maximum Gasteiger partial charge on any atom is 0.276 e. The molecule has 0 saturated heterocycles. The van der Waals surface area contributed by atoms with E-state index in [9.17, 15) is 13.2 Å². The number of para-hydroxylation sites is 3. The SMILES string of the molecule is COc1ccccc1NS(=O)(=O)c1cccc(NC(=O)c2n[nH]c3ccccc23)c1. The Morgan fingerprint density at radius 2 is 1.77 bits per heavy atom. The second-order valence-electron chi connectivity index (χ2n) is 6.41. The zero-order chi connectivity index (χ0) is 21.1. The molecule has 8 nitrogen and oxygen atoms in total. The first-order valence-corrected chi connectivity index (χ1v) is 10.5. The summed E-state index contributed by atoms with van der Waals surface area (Å²) in [6.07, 6.45) is 0. The smallest absolute Gasteiger partial charge is 0.276 e. The van der Waals surface area contributed by atoms with E-state index in [1.165, 1.54) is 19.2 Å². The van der Waals surface area contributed by atoms with E-state index < -0.39 is 15.9 Å². The molecule has 3 N–H and O–H groups in total. The number of fused-ring (bicyclic) bond motifs is 1. The molecule has 0 aliphatic rings. The van der Waals surface area contributed by atoms with Gasteiger partial charge in [-0.25, -0.2) is 8.42 Å². The van der Waals surface area contributed by atoms with Crippen molar-refractivity contribution in [2.75, 3.05) is 17.1 Å². The Labute approximate surface area is 172 Å². The molecule has 30 heavy (non-hydrogen) atoms. The third-order valence-corrected chi connectivity index (χ3v) is 5.80.